The Morgan fingerprint density at radius 1 is 1.12 bits per heavy atom. The van der Waals surface area contributed by atoms with Gasteiger partial charge in [0.05, 0.1) is 18.5 Å². The number of halogens is 3. The van der Waals surface area contributed by atoms with E-state index in [4.69, 9.17) is 4.42 Å². The largest absolute Gasteiger partial charge is 0.454 e. The van der Waals surface area contributed by atoms with Crippen LogP contribution in [0.2, 0.25) is 0 Å². The number of carbonyl (C=O) groups excluding carboxylic acids is 2. The lowest BCUT2D eigenvalue weighted by Crippen LogP contribution is -2.25. The third kappa shape index (κ3) is 4.37. The molecule has 0 spiro atoms. The van der Waals surface area contributed by atoms with Gasteiger partial charge in [-0.15, -0.1) is 0 Å². The summed E-state index contributed by atoms with van der Waals surface area (Å²) in [6.45, 7) is -0.0238. The molecule has 1 aromatic carbocycles. The van der Waals surface area contributed by atoms with Crippen molar-refractivity contribution in [1.29, 1.82) is 0 Å². The highest BCUT2D eigenvalue weighted by Gasteiger charge is 2.33. The van der Waals surface area contributed by atoms with Gasteiger partial charge in [-0.2, -0.15) is 13.2 Å². The molecule has 0 unspecified atom stereocenters. The Labute approximate surface area is 135 Å². The molecule has 1 heterocycles. The van der Waals surface area contributed by atoms with Gasteiger partial charge in [-0.3, -0.25) is 9.59 Å². The van der Waals surface area contributed by atoms with Gasteiger partial charge in [0, 0.05) is 7.05 Å². The molecule has 128 valence electrons. The van der Waals surface area contributed by atoms with Crippen molar-refractivity contribution in [3.63, 3.8) is 0 Å². The third-order valence-electron chi connectivity index (χ3n) is 3.25. The summed E-state index contributed by atoms with van der Waals surface area (Å²) >= 11 is 0. The fraction of sp³-hybridized carbons (Fsp3) is 0.250. The smallest absolute Gasteiger partial charge is 0.416 e. The van der Waals surface area contributed by atoms with Crippen LogP contribution in [0.3, 0.4) is 0 Å². The first-order chi connectivity index (χ1) is 11.3. The second-order valence-corrected chi connectivity index (χ2v) is 4.95. The van der Waals surface area contributed by atoms with Crippen molar-refractivity contribution < 1.29 is 27.2 Å². The van der Waals surface area contributed by atoms with Gasteiger partial charge < -0.3 is 15.1 Å². The highest BCUT2D eigenvalue weighted by atomic mass is 19.4. The number of benzene rings is 1. The lowest BCUT2D eigenvalue weighted by atomic mass is 10.0. The van der Waals surface area contributed by atoms with E-state index in [0.717, 1.165) is 6.07 Å². The summed E-state index contributed by atoms with van der Waals surface area (Å²) in [6.07, 6.45) is -4.92. The molecule has 8 heteroatoms. The van der Waals surface area contributed by atoms with Crippen LogP contribution < -0.4 is 10.6 Å². The minimum absolute atomic E-state index is 0.0238. The van der Waals surface area contributed by atoms with E-state index in [0.29, 0.717) is 5.76 Å². The number of rotatable bonds is 5. The summed E-state index contributed by atoms with van der Waals surface area (Å²) in [5.74, 6) is -0.577. The molecule has 0 saturated heterocycles. The Bertz CT molecular complexity index is 738. The monoisotopic (exact) mass is 340 g/mol. The topological polar surface area (TPSA) is 71.3 Å². The fourth-order valence-corrected chi connectivity index (χ4v) is 2.09. The molecule has 2 N–H and O–H groups in total. The highest BCUT2D eigenvalue weighted by Crippen LogP contribution is 2.31. The van der Waals surface area contributed by atoms with Crippen LogP contribution in [0.1, 0.15) is 27.4 Å². The summed E-state index contributed by atoms with van der Waals surface area (Å²) in [7, 11) is 1.45. The second kappa shape index (κ2) is 7.20. The van der Waals surface area contributed by atoms with Crippen LogP contribution in [0.25, 0.3) is 0 Å². The van der Waals surface area contributed by atoms with Crippen molar-refractivity contribution in [1.82, 2.24) is 10.6 Å². The minimum Gasteiger partial charge on any atom is -0.454 e. The predicted molar refractivity (Wildman–Crippen MR) is 79.1 cm³/mol. The first-order valence-corrected chi connectivity index (χ1v) is 7.04. The minimum atomic E-state index is -4.51. The molecular formula is C16H15F3N2O3. The molecular weight excluding hydrogens is 325 g/mol. The van der Waals surface area contributed by atoms with Crippen molar-refractivity contribution in [2.75, 3.05) is 7.05 Å². The SMILES string of the molecule is CNC(=O)c1ccc(CNC(=O)Cc2ccccc2C(F)(F)F)o1. The normalized spacial score (nSPS) is 11.2. The number of amides is 2. The fourth-order valence-electron chi connectivity index (χ4n) is 2.09. The van der Waals surface area contributed by atoms with E-state index >= 15 is 0 Å². The number of carbonyl (C=O) groups is 2. The molecule has 24 heavy (non-hydrogen) atoms. The Kier molecular flexibility index (Phi) is 5.28. The van der Waals surface area contributed by atoms with E-state index in [1.54, 1.807) is 0 Å². The lowest BCUT2D eigenvalue weighted by molar-refractivity contribution is -0.138. The Hall–Kier alpha value is -2.77. The highest BCUT2D eigenvalue weighted by molar-refractivity contribution is 5.91. The van der Waals surface area contributed by atoms with Gasteiger partial charge in [0.1, 0.15) is 5.76 Å². The zero-order valence-electron chi connectivity index (χ0n) is 12.7. The first-order valence-electron chi connectivity index (χ1n) is 7.04. The zero-order chi connectivity index (χ0) is 17.7. The molecule has 2 amide bonds. The van der Waals surface area contributed by atoms with Crippen molar-refractivity contribution in [3.8, 4) is 0 Å². The second-order valence-electron chi connectivity index (χ2n) is 4.95. The molecule has 0 aliphatic carbocycles. The molecule has 0 aliphatic rings. The van der Waals surface area contributed by atoms with Gasteiger partial charge in [0.25, 0.3) is 5.91 Å². The summed E-state index contributed by atoms with van der Waals surface area (Å²) in [6, 6.07) is 7.87. The molecule has 0 saturated carbocycles. The molecule has 0 atom stereocenters. The summed E-state index contributed by atoms with van der Waals surface area (Å²) in [5.41, 5.74) is -0.937. The maximum atomic E-state index is 12.9. The van der Waals surface area contributed by atoms with Gasteiger partial charge in [0.2, 0.25) is 5.91 Å². The molecule has 0 bridgehead atoms. The van der Waals surface area contributed by atoms with Crippen LogP contribution in [-0.4, -0.2) is 18.9 Å². The maximum absolute atomic E-state index is 12.9. The standard InChI is InChI=1S/C16H15F3N2O3/c1-20-15(23)13-7-6-11(24-13)9-21-14(22)8-10-4-2-3-5-12(10)16(17,18)19/h2-7H,8-9H2,1H3,(H,20,23)(H,21,22). The summed E-state index contributed by atoms with van der Waals surface area (Å²) in [5, 5.41) is 4.85. The Morgan fingerprint density at radius 3 is 2.50 bits per heavy atom. The van der Waals surface area contributed by atoms with Crippen LogP contribution in [0.15, 0.2) is 40.8 Å². The molecule has 0 fully saturated rings. The number of furan rings is 1. The average Bonchev–Trinajstić information content (AvgIpc) is 3.00. The van der Waals surface area contributed by atoms with Crippen LogP contribution >= 0.6 is 0 Å². The van der Waals surface area contributed by atoms with Gasteiger partial charge >= 0.3 is 6.18 Å². The quantitative estimate of drug-likeness (QED) is 0.879. The van der Waals surface area contributed by atoms with E-state index in [-0.39, 0.29) is 17.9 Å². The number of nitrogens with one attached hydrogen (secondary N) is 2. The summed E-state index contributed by atoms with van der Waals surface area (Å²) in [4.78, 5) is 23.2. The van der Waals surface area contributed by atoms with Crippen molar-refractivity contribution in [2.45, 2.75) is 19.1 Å². The number of hydrogen-bond donors (Lipinski definition) is 2. The van der Waals surface area contributed by atoms with Crippen molar-refractivity contribution in [2.24, 2.45) is 0 Å². The van der Waals surface area contributed by atoms with Crippen LogP contribution in [0, 0.1) is 0 Å². The number of hydrogen-bond acceptors (Lipinski definition) is 3. The maximum Gasteiger partial charge on any atom is 0.416 e. The van der Waals surface area contributed by atoms with Crippen molar-refractivity contribution >= 4 is 11.8 Å². The first kappa shape index (κ1) is 17.6. The average molecular weight is 340 g/mol. The molecule has 2 aromatic rings. The summed E-state index contributed by atoms with van der Waals surface area (Å²) < 4.78 is 43.8. The molecule has 0 aliphatic heterocycles. The number of alkyl halides is 3. The van der Waals surface area contributed by atoms with Crippen molar-refractivity contribution in [3.05, 3.63) is 59.0 Å². The molecule has 5 nitrogen and oxygen atoms in total. The predicted octanol–water partition coefficient (Wildman–Crippen LogP) is 2.52. The van der Waals surface area contributed by atoms with Gasteiger partial charge in [0.15, 0.2) is 5.76 Å². The molecule has 1 aromatic heterocycles. The van der Waals surface area contributed by atoms with Crippen LogP contribution in [0.4, 0.5) is 13.2 Å². The van der Waals surface area contributed by atoms with Gasteiger partial charge in [-0.1, -0.05) is 18.2 Å². The van der Waals surface area contributed by atoms with E-state index in [9.17, 15) is 22.8 Å². The third-order valence-corrected chi connectivity index (χ3v) is 3.25. The van der Waals surface area contributed by atoms with Gasteiger partial charge in [-0.25, -0.2) is 0 Å². The van der Waals surface area contributed by atoms with E-state index < -0.39 is 30.0 Å². The zero-order valence-corrected chi connectivity index (χ0v) is 12.7. The van der Waals surface area contributed by atoms with E-state index in [1.165, 1.54) is 37.4 Å². The van der Waals surface area contributed by atoms with E-state index in [2.05, 4.69) is 10.6 Å². The molecule has 2 rings (SSSR count). The Morgan fingerprint density at radius 2 is 1.83 bits per heavy atom. The Balaban J connectivity index is 1.97. The van der Waals surface area contributed by atoms with E-state index in [1.807, 2.05) is 0 Å². The van der Waals surface area contributed by atoms with Gasteiger partial charge in [-0.05, 0) is 23.8 Å². The van der Waals surface area contributed by atoms with Crippen LogP contribution in [-0.2, 0) is 23.9 Å². The molecule has 0 radical (unpaired) electrons. The van der Waals surface area contributed by atoms with Crippen LogP contribution in [0.5, 0.6) is 0 Å². The lowest BCUT2D eigenvalue weighted by Gasteiger charge is -2.12.